The molecule has 0 bridgehead atoms. The number of carboxylic acid groups (broad SMARTS) is 1. The van der Waals surface area contributed by atoms with E-state index in [-0.39, 0.29) is 18.7 Å². The Morgan fingerprint density at radius 2 is 1.90 bits per heavy atom. The number of benzene rings is 1. The van der Waals surface area contributed by atoms with Gasteiger partial charge < -0.3 is 14.8 Å². The van der Waals surface area contributed by atoms with E-state index in [1.54, 1.807) is 18.4 Å². The molecule has 1 amide bonds. The van der Waals surface area contributed by atoms with Crippen LogP contribution < -0.4 is 5.32 Å². The zero-order valence-electron chi connectivity index (χ0n) is 11.5. The van der Waals surface area contributed by atoms with E-state index in [2.05, 4.69) is 5.32 Å². The van der Waals surface area contributed by atoms with Gasteiger partial charge in [0.05, 0.1) is 6.26 Å². The van der Waals surface area contributed by atoms with Gasteiger partial charge in [-0.1, -0.05) is 30.3 Å². The van der Waals surface area contributed by atoms with Crippen LogP contribution in [-0.2, 0) is 22.4 Å². The highest BCUT2D eigenvalue weighted by molar-refractivity contribution is 5.83. The van der Waals surface area contributed by atoms with Crippen LogP contribution in [0.1, 0.15) is 17.7 Å². The van der Waals surface area contributed by atoms with Gasteiger partial charge in [0.1, 0.15) is 11.8 Å². The SMILES string of the molecule is O=C(CCc1ccco1)N[C@H](Cc1ccccc1)C(=O)O. The summed E-state index contributed by atoms with van der Waals surface area (Å²) >= 11 is 0. The van der Waals surface area contributed by atoms with Crippen LogP contribution in [-0.4, -0.2) is 23.0 Å². The summed E-state index contributed by atoms with van der Waals surface area (Å²) in [5, 5.41) is 11.7. The Labute approximate surface area is 122 Å². The molecule has 21 heavy (non-hydrogen) atoms. The standard InChI is InChI=1S/C16H17NO4/c18-15(9-8-13-7-4-10-21-13)17-14(16(19)20)11-12-5-2-1-3-6-12/h1-7,10,14H,8-9,11H2,(H,17,18)(H,19,20)/t14-/m1/s1. The lowest BCUT2D eigenvalue weighted by molar-refractivity contribution is -0.141. The maximum absolute atomic E-state index is 11.8. The number of hydrogen-bond acceptors (Lipinski definition) is 3. The summed E-state index contributed by atoms with van der Waals surface area (Å²) in [5.41, 5.74) is 0.872. The molecule has 0 fully saturated rings. The Kier molecular flexibility index (Phi) is 5.15. The molecule has 0 unspecified atom stereocenters. The quantitative estimate of drug-likeness (QED) is 0.816. The fourth-order valence-corrected chi connectivity index (χ4v) is 2.01. The lowest BCUT2D eigenvalue weighted by Crippen LogP contribution is -2.42. The van der Waals surface area contributed by atoms with E-state index in [4.69, 9.17) is 4.42 Å². The summed E-state index contributed by atoms with van der Waals surface area (Å²) in [6.07, 6.45) is 2.47. The number of carbonyl (C=O) groups is 2. The molecular weight excluding hydrogens is 270 g/mol. The molecule has 1 heterocycles. The third-order valence-electron chi connectivity index (χ3n) is 3.09. The molecule has 2 aromatic rings. The Morgan fingerprint density at radius 3 is 2.52 bits per heavy atom. The molecule has 0 saturated carbocycles. The second-order valence-corrected chi connectivity index (χ2v) is 4.73. The second-order valence-electron chi connectivity index (χ2n) is 4.73. The summed E-state index contributed by atoms with van der Waals surface area (Å²) in [6.45, 7) is 0. The van der Waals surface area contributed by atoms with Crippen molar-refractivity contribution < 1.29 is 19.1 Å². The van der Waals surface area contributed by atoms with Crippen molar-refractivity contribution in [3.05, 3.63) is 60.1 Å². The normalized spacial score (nSPS) is 11.8. The van der Waals surface area contributed by atoms with E-state index in [0.29, 0.717) is 12.2 Å². The van der Waals surface area contributed by atoms with Gasteiger partial charge in [0.15, 0.2) is 0 Å². The first-order chi connectivity index (χ1) is 10.1. The number of carbonyl (C=O) groups excluding carboxylic acids is 1. The largest absolute Gasteiger partial charge is 0.480 e. The molecule has 2 N–H and O–H groups in total. The van der Waals surface area contributed by atoms with Crippen LogP contribution in [0.4, 0.5) is 0 Å². The highest BCUT2D eigenvalue weighted by atomic mass is 16.4. The number of rotatable bonds is 7. The smallest absolute Gasteiger partial charge is 0.326 e. The zero-order valence-corrected chi connectivity index (χ0v) is 11.5. The lowest BCUT2D eigenvalue weighted by atomic mass is 10.1. The van der Waals surface area contributed by atoms with Gasteiger partial charge in [0.2, 0.25) is 5.91 Å². The minimum Gasteiger partial charge on any atom is -0.480 e. The maximum Gasteiger partial charge on any atom is 0.326 e. The summed E-state index contributed by atoms with van der Waals surface area (Å²) < 4.78 is 5.14. The molecule has 0 aliphatic heterocycles. The van der Waals surface area contributed by atoms with Crippen molar-refractivity contribution in [3.63, 3.8) is 0 Å². The number of furan rings is 1. The van der Waals surface area contributed by atoms with Gasteiger partial charge in [0, 0.05) is 19.3 Å². The first kappa shape index (κ1) is 14.8. The van der Waals surface area contributed by atoms with Crippen LogP contribution in [0.15, 0.2) is 53.1 Å². The first-order valence-corrected chi connectivity index (χ1v) is 6.73. The van der Waals surface area contributed by atoms with Crippen molar-refractivity contribution in [2.45, 2.75) is 25.3 Å². The van der Waals surface area contributed by atoms with E-state index in [9.17, 15) is 14.7 Å². The van der Waals surface area contributed by atoms with E-state index in [1.807, 2.05) is 30.3 Å². The highest BCUT2D eigenvalue weighted by Crippen LogP contribution is 2.06. The predicted octanol–water partition coefficient (Wildman–Crippen LogP) is 2.02. The molecule has 0 spiro atoms. The van der Waals surface area contributed by atoms with E-state index in [0.717, 1.165) is 5.56 Å². The maximum atomic E-state index is 11.8. The van der Waals surface area contributed by atoms with Crippen LogP contribution in [0.2, 0.25) is 0 Å². The Hall–Kier alpha value is -2.56. The molecule has 110 valence electrons. The molecule has 1 atom stereocenters. The number of aryl methyl sites for hydroxylation is 1. The van der Waals surface area contributed by atoms with Crippen molar-refractivity contribution in [1.29, 1.82) is 0 Å². The molecule has 5 nitrogen and oxygen atoms in total. The van der Waals surface area contributed by atoms with Crippen molar-refractivity contribution in [2.24, 2.45) is 0 Å². The molecule has 1 aromatic carbocycles. The Balaban J connectivity index is 1.87. The summed E-state index contributed by atoms with van der Waals surface area (Å²) in [7, 11) is 0. The van der Waals surface area contributed by atoms with Gasteiger partial charge in [-0.2, -0.15) is 0 Å². The first-order valence-electron chi connectivity index (χ1n) is 6.73. The van der Waals surface area contributed by atoms with Gasteiger partial charge in [-0.05, 0) is 17.7 Å². The van der Waals surface area contributed by atoms with Crippen molar-refractivity contribution in [1.82, 2.24) is 5.32 Å². The number of amides is 1. The van der Waals surface area contributed by atoms with Gasteiger partial charge in [-0.15, -0.1) is 0 Å². The minimum atomic E-state index is -1.04. The molecule has 2 rings (SSSR count). The Morgan fingerprint density at radius 1 is 1.14 bits per heavy atom. The molecule has 0 radical (unpaired) electrons. The van der Waals surface area contributed by atoms with Crippen LogP contribution in [0.25, 0.3) is 0 Å². The van der Waals surface area contributed by atoms with Gasteiger partial charge in [-0.25, -0.2) is 4.79 Å². The summed E-state index contributed by atoms with van der Waals surface area (Å²) in [6, 6.07) is 11.8. The number of hydrogen-bond donors (Lipinski definition) is 2. The molecular formula is C16H17NO4. The fraction of sp³-hybridized carbons (Fsp3) is 0.250. The fourth-order valence-electron chi connectivity index (χ4n) is 2.01. The number of carboxylic acids is 1. The molecule has 0 aliphatic carbocycles. The molecule has 0 aliphatic rings. The molecule has 5 heteroatoms. The zero-order chi connectivity index (χ0) is 15.1. The number of aliphatic carboxylic acids is 1. The van der Waals surface area contributed by atoms with Crippen LogP contribution >= 0.6 is 0 Å². The predicted molar refractivity (Wildman–Crippen MR) is 76.7 cm³/mol. The topological polar surface area (TPSA) is 79.5 Å². The summed E-state index contributed by atoms with van der Waals surface area (Å²) in [5.74, 6) is -0.625. The average Bonchev–Trinajstić information content (AvgIpc) is 2.99. The van der Waals surface area contributed by atoms with Gasteiger partial charge in [0.25, 0.3) is 0 Å². The van der Waals surface area contributed by atoms with Gasteiger partial charge in [-0.3, -0.25) is 4.79 Å². The number of nitrogens with one attached hydrogen (secondary N) is 1. The Bertz CT molecular complexity index is 578. The molecule has 0 saturated heterocycles. The van der Waals surface area contributed by atoms with Gasteiger partial charge >= 0.3 is 5.97 Å². The van der Waals surface area contributed by atoms with Crippen molar-refractivity contribution in [3.8, 4) is 0 Å². The van der Waals surface area contributed by atoms with Crippen molar-refractivity contribution >= 4 is 11.9 Å². The summed E-state index contributed by atoms with van der Waals surface area (Å²) in [4.78, 5) is 23.1. The average molecular weight is 287 g/mol. The van der Waals surface area contributed by atoms with E-state index in [1.165, 1.54) is 0 Å². The van der Waals surface area contributed by atoms with Crippen LogP contribution in [0.5, 0.6) is 0 Å². The monoisotopic (exact) mass is 287 g/mol. The molecule has 1 aromatic heterocycles. The van der Waals surface area contributed by atoms with Crippen LogP contribution in [0, 0.1) is 0 Å². The van der Waals surface area contributed by atoms with Crippen LogP contribution in [0.3, 0.4) is 0 Å². The van der Waals surface area contributed by atoms with E-state index < -0.39 is 12.0 Å². The third kappa shape index (κ3) is 4.80. The third-order valence-corrected chi connectivity index (χ3v) is 3.09. The van der Waals surface area contributed by atoms with E-state index >= 15 is 0 Å². The second kappa shape index (κ2) is 7.28. The minimum absolute atomic E-state index is 0.200. The van der Waals surface area contributed by atoms with Crippen molar-refractivity contribution in [2.75, 3.05) is 0 Å². The lowest BCUT2D eigenvalue weighted by Gasteiger charge is -2.14. The highest BCUT2D eigenvalue weighted by Gasteiger charge is 2.20.